The van der Waals surface area contributed by atoms with Gasteiger partial charge in [-0.1, -0.05) is 26.2 Å². The summed E-state index contributed by atoms with van der Waals surface area (Å²) in [5.74, 6) is -0.0762. The molecule has 0 saturated carbocycles. The van der Waals surface area contributed by atoms with Crippen molar-refractivity contribution in [1.29, 1.82) is 0 Å². The van der Waals surface area contributed by atoms with Crippen molar-refractivity contribution in [1.82, 2.24) is 5.32 Å². The number of rotatable bonds is 6. The first-order chi connectivity index (χ1) is 7.65. The van der Waals surface area contributed by atoms with Gasteiger partial charge in [0.25, 0.3) is 0 Å². The number of ether oxygens (including phenoxy) is 1. The molecule has 5 heteroatoms. The van der Waals surface area contributed by atoms with Crippen LogP contribution in [0.2, 0.25) is 0 Å². The van der Waals surface area contributed by atoms with Gasteiger partial charge in [-0.15, -0.1) is 0 Å². The zero-order chi connectivity index (χ0) is 12.0. The lowest BCUT2D eigenvalue weighted by atomic mass is 9.98. The smallest absolute Gasteiger partial charge is 0.407 e. The lowest BCUT2D eigenvalue weighted by molar-refractivity contribution is -0.123. The lowest BCUT2D eigenvalue weighted by Crippen LogP contribution is -2.51. The van der Waals surface area contributed by atoms with E-state index in [-0.39, 0.29) is 5.78 Å². The SMILES string of the molecule is CCCCC[C@@H](N)C(=O)[C@@H]1CCOC(=O)N1. The second-order valence-corrected chi connectivity index (χ2v) is 4.13. The van der Waals surface area contributed by atoms with Crippen molar-refractivity contribution in [2.24, 2.45) is 5.73 Å². The number of alkyl carbamates (subject to hydrolysis) is 1. The van der Waals surface area contributed by atoms with Crippen LogP contribution in [0.3, 0.4) is 0 Å². The highest BCUT2D eigenvalue weighted by molar-refractivity contribution is 5.91. The number of Topliss-reactive ketones (excluding diaryl/α,β-unsaturated/α-hetero) is 1. The zero-order valence-electron chi connectivity index (χ0n) is 9.70. The first-order valence-electron chi connectivity index (χ1n) is 5.87. The monoisotopic (exact) mass is 228 g/mol. The Labute approximate surface area is 95.7 Å². The van der Waals surface area contributed by atoms with Gasteiger partial charge < -0.3 is 15.8 Å². The van der Waals surface area contributed by atoms with E-state index in [2.05, 4.69) is 12.2 Å². The van der Waals surface area contributed by atoms with Crippen LogP contribution < -0.4 is 11.1 Å². The molecule has 16 heavy (non-hydrogen) atoms. The summed E-state index contributed by atoms with van der Waals surface area (Å²) in [5.41, 5.74) is 5.79. The number of carbonyl (C=O) groups excluding carboxylic acids is 2. The summed E-state index contributed by atoms with van der Waals surface area (Å²) >= 11 is 0. The Balaban J connectivity index is 2.34. The van der Waals surface area contributed by atoms with Crippen LogP contribution in [0.25, 0.3) is 0 Å². The standard InChI is InChI=1S/C11H20N2O3/c1-2-3-4-5-8(12)10(14)9-6-7-16-11(15)13-9/h8-9H,2-7,12H2,1H3,(H,13,15)/t8-,9+/m1/s1. The van der Waals surface area contributed by atoms with Gasteiger partial charge in [-0.3, -0.25) is 4.79 Å². The molecule has 0 aromatic heterocycles. The molecule has 0 radical (unpaired) electrons. The first kappa shape index (κ1) is 13.0. The Bertz CT molecular complexity index is 256. The number of hydrogen-bond donors (Lipinski definition) is 2. The van der Waals surface area contributed by atoms with E-state index >= 15 is 0 Å². The van der Waals surface area contributed by atoms with Crippen LogP contribution in [0.1, 0.15) is 39.0 Å². The van der Waals surface area contributed by atoms with Crippen molar-refractivity contribution in [2.45, 2.75) is 51.1 Å². The van der Waals surface area contributed by atoms with E-state index in [9.17, 15) is 9.59 Å². The van der Waals surface area contributed by atoms with E-state index in [1.807, 2.05) is 0 Å². The van der Waals surface area contributed by atoms with Gasteiger partial charge in [-0.05, 0) is 6.42 Å². The predicted octanol–water partition coefficient (Wildman–Crippen LogP) is 0.962. The number of ketones is 1. The summed E-state index contributed by atoms with van der Waals surface area (Å²) in [7, 11) is 0. The molecule has 1 fully saturated rings. The summed E-state index contributed by atoms with van der Waals surface area (Å²) in [6.45, 7) is 2.40. The molecule has 5 nitrogen and oxygen atoms in total. The molecular weight excluding hydrogens is 208 g/mol. The minimum absolute atomic E-state index is 0.0762. The molecule has 0 aliphatic carbocycles. The van der Waals surface area contributed by atoms with Gasteiger partial charge in [-0.25, -0.2) is 4.79 Å². The molecule has 1 aliphatic heterocycles. The summed E-state index contributed by atoms with van der Waals surface area (Å²) in [6, 6.07) is -0.923. The molecule has 0 aromatic carbocycles. The molecule has 0 spiro atoms. The summed E-state index contributed by atoms with van der Waals surface area (Å²) in [4.78, 5) is 22.8. The van der Waals surface area contributed by atoms with Crippen molar-refractivity contribution in [3.05, 3.63) is 0 Å². The van der Waals surface area contributed by atoms with Crippen molar-refractivity contribution in [3.63, 3.8) is 0 Å². The fraction of sp³-hybridized carbons (Fsp3) is 0.818. The van der Waals surface area contributed by atoms with E-state index in [0.29, 0.717) is 19.4 Å². The van der Waals surface area contributed by atoms with E-state index in [1.54, 1.807) is 0 Å². The third-order valence-corrected chi connectivity index (χ3v) is 2.76. The van der Waals surface area contributed by atoms with E-state index in [4.69, 9.17) is 10.5 Å². The van der Waals surface area contributed by atoms with Crippen LogP contribution in [0.15, 0.2) is 0 Å². The van der Waals surface area contributed by atoms with Crippen LogP contribution in [-0.2, 0) is 9.53 Å². The minimum Gasteiger partial charge on any atom is -0.449 e. The Kier molecular flexibility index (Phi) is 5.25. The fourth-order valence-corrected chi connectivity index (χ4v) is 1.75. The number of nitrogens with one attached hydrogen (secondary N) is 1. The number of unbranched alkanes of at least 4 members (excludes halogenated alkanes) is 2. The highest BCUT2D eigenvalue weighted by atomic mass is 16.5. The molecule has 92 valence electrons. The summed E-state index contributed by atoms with van der Waals surface area (Å²) in [5, 5.41) is 2.50. The van der Waals surface area contributed by atoms with E-state index < -0.39 is 18.2 Å². The molecule has 0 bridgehead atoms. The van der Waals surface area contributed by atoms with E-state index in [0.717, 1.165) is 19.3 Å². The second kappa shape index (κ2) is 6.48. The second-order valence-electron chi connectivity index (χ2n) is 4.13. The van der Waals surface area contributed by atoms with Crippen molar-refractivity contribution < 1.29 is 14.3 Å². The maximum Gasteiger partial charge on any atom is 0.407 e. The molecule has 0 unspecified atom stereocenters. The van der Waals surface area contributed by atoms with Crippen LogP contribution in [0, 0.1) is 0 Å². The zero-order valence-corrected chi connectivity index (χ0v) is 9.70. The van der Waals surface area contributed by atoms with Crippen LogP contribution >= 0.6 is 0 Å². The Morgan fingerprint density at radius 3 is 3.00 bits per heavy atom. The van der Waals surface area contributed by atoms with Crippen molar-refractivity contribution >= 4 is 11.9 Å². The molecule has 1 saturated heterocycles. The van der Waals surface area contributed by atoms with Crippen LogP contribution in [0.5, 0.6) is 0 Å². The lowest BCUT2D eigenvalue weighted by Gasteiger charge is -2.24. The normalized spacial score (nSPS) is 22.1. The van der Waals surface area contributed by atoms with Gasteiger partial charge in [-0.2, -0.15) is 0 Å². The topological polar surface area (TPSA) is 81.4 Å². The number of hydrogen-bond acceptors (Lipinski definition) is 4. The van der Waals surface area contributed by atoms with Gasteiger partial charge in [0.1, 0.15) is 0 Å². The van der Waals surface area contributed by atoms with Gasteiger partial charge >= 0.3 is 6.09 Å². The van der Waals surface area contributed by atoms with Crippen molar-refractivity contribution in [3.8, 4) is 0 Å². The third-order valence-electron chi connectivity index (χ3n) is 2.76. The van der Waals surface area contributed by atoms with Gasteiger partial charge in [0.15, 0.2) is 5.78 Å². The number of amides is 1. The van der Waals surface area contributed by atoms with Crippen LogP contribution in [-0.4, -0.2) is 30.6 Å². The maximum absolute atomic E-state index is 11.8. The fourth-order valence-electron chi connectivity index (χ4n) is 1.75. The highest BCUT2D eigenvalue weighted by Gasteiger charge is 2.28. The molecule has 1 amide bonds. The van der Waals surface area contributed by atoms with Gasteiger partial charge in [0.05, 0.1) is 18.7 Å². The molecule has 1 rings (SSSR count). The Morgan fingerprint density at radius 2 is 2.38 bits per heavy atom. The quantitative estimate of drug-likeness (QED) is 0.663. The van der Waals surface area contributed by atoms with Crippen LogP contribution in [0.4, 0.5) is 4.79 Å². The number of carbonyl (C=O) groups is 2. The minimum atomic E-state index is -0.523. The predicted molar refractivity (Wildman–Crippen MR) is 60.0 cm³/mol. The van der Waals surface area contributed by atoms with Gasteiger partial charge in [0, 0.05) is 6.42 Å². The maximum atomic E-state index is 11.8. The first-order valence-corrected chi connectivity index (χ1v) is 5.87. The Morgan fingerprint density at radius 1 is 1.62 bits per heavy atom. The van der Waals surface area contributed by atoms with Gasteiger partial charge in [0.2, 0.25) is 0 Å². The molecular formula is C11H20N2O3. The average molecular weight is 228 g/mol. The largest absolute Gasteiger partial charge is 0.449 e. The molecule has 0 aromatic rings. The molecule has 2 atom stereocenters. The number of cyclic esters (lactones) is 1. The Hall–Kier alpha value is -1.10. The number of nitrogens with two attached hydrogens (primary N) is 1. The molecule has 3 N–H and O–H groups in total. The van der Waals surface area contributed by atoms with Crippen molar-refractivity contribution in [2.75, 3.05) is 6.61 Å². The summed E-state index contributed by atoms with van der Waals surface area (Å²) < 4.78 is 4.69. The summed E-state index contributed by atoms with van der Waals surface area (Å²) in [6.07, 6.45) is 3.84. The third kappa shape index (κ3) is 3.81. The molecule has 1 aliphatic rings. The molecule has 1 heterocycles. The average Bonchev–Trinajstić information content (AvgIpc) is 2.28. The van der Waals surface area contributed by atoms with E-state index in [1.165, 1.54) is 0 Å². The highest BCUT2D eigenvalue weighted by Crippen LogP contribution is 2.08.